The van der Waals surface area contributed by atoms with Crippen molar-refractivity contribution in [1.82, 2.24) is 0 Å². The molecule has 4 rings (SSSR count). The SMILES string of the molecule is C=C1[C@H](O)C(=O)[C@H](c2ccc(Cl)c(Cc3ccc(OCC)cc3)c2)O[C@@H]1CSc1ccccc1N. The van der Waals surface area contributed by atoms with Crippen LogP contribution in [0.5, 0.6) is 5.75 Å². The van der Waals surface area contributed by atoms with Crippen molar-refractivity contribution in [3.63, 3.8) is 0 Å². The van der Waals surface area contributed by atoms with E-state index >= 15 is 0 Å². The number of halogens is 1. The summed E-state index contributed by atoms with van der Waals surface area (Å²) in [6.07, 6.45) is -2.13. The van der Waals surface area contributed by atoms with Crippen LogP contribution in [-0.2, 0) is 16.0 Å². The third kappa shape index (κ3) is 5.90. The zero-order valence-electron chi connectivity index (χ0n) is 19.4. The maximum Gasteiger partial charge on any atom is 0.198 e. The molecule has 3 aromatic carbocycles. The van der Waals surface area contributed by atoms with Crippen molar-refractivity contribution in [3.8, 4) is 5.75 Å². The van der Waals surface area contributed by atoms with E-state index in [0.717, 1.165) is 21.8 Å². The molecule has 0 spiro atoms. The van der Waals surface area contributed by atoms with E-state index in [9.17, 15) is 9.90 Å². The number of ether oxygens (including phenoxy) is 2. The van der Waals surface area contributed by atoms with Crippen LogP contribution in [0.2, 0.25) is 5.02 Å². The average Bonchev–Trinajstić information content (AvgIpc) is 2.86. The molecule has 0 aliphatic carbocycles. The van der Waals surface area contributed by atoms with Crippen molar-refractivity contribution in [2.75, 3.05) is 18.1 Å². The number of Topliss-reactive ketones (excluding diaryl/α,β-unsaturated/α-hetero) is 1. The highest BCUT2D eigenvalue weighted by Gasteiger charge is 2.40. The Kier molecular flexibility index (Phi) is 8.19. The van der Waals surface area contributed by atoms with E-state index in [-0.39, 0.29) is 0 Å². The molecule has 3 N–H and O–H groups in total. The van der Waals surface area contributed by atoms with Crippen molar-refractivity contribution in [2.45, 2.75) is 36.6 Å². The van der Waals surface area contributed by atoms with Gasteiger partial charge in [0.15, 0.2) is 5.78 Å². The zero-order valence-corrected chi connectivity index (χ0v) is 21.0. The Labute approximate surface area is 214 Å². The third-order valence-corrected chi connectivity index (χ3v) is 7.42. The van der Waals surface area contributed by atoms with Crippen LogP contribution < -0.4 is 10.5 Å². The highest BCUT2D eigenvalue weighted by atomic mass is 35.5. The van der Waals surface area contributed by atoms with Gasteiger partial charge in [-0.15, -0.1) is 11.8 Å². The molecule has 182 valence electrons. The van der Waals surface area contributed by atoms with Gasteiger partial charge in [0.25, 0.3) is 0 Å². The molecule has 35 heavy (non-hydrogen) atoms. The second-order valence-corrected chi connectivity index (χ2v) is 9.81. The summed E-state index contributed by atoms with van der Waals surface area (Å²) >= 11 is 7.99. The molecule has 3 aromatic rings. The van der Waals surface area contributed by atoms with Gasteiger partial charge >= 0.3 is 0 Å². The summed E-state index contributed by atoms with van der Waals surface area (Å²) < 4.78 is 11.7. The summed E-state index contributed by atoms with van der Waals surface area (Å²) in [4.78, 5) is 13.9. The van der Waals surface area contributed by atoms with Crippen molar-refractivity contribution in [2.24, 2.45) is 0 Å². The van der Waals surface area contributed by atoms with Gasteiger partial charge in [0.2, 0.25) is 0 Å². The summed E-state index contributed by atoms with van der Waals surface area (Å²) in [5.74, 6) is 0.859. The number of rotatable bonds is 8. The first-order valence-corrected chi connectivity index (χ1v) is 12.8. The van der Waals surface area contributed by atoms with Gasteiger partial charge in [-0.25, -0.2) is 0 Å². The molecule has 5 nitrogen and oxygen atoms in total. The maximum absolute atomic E-state index is 13.0. The molecule has 1 aliphatic heterocycles. The molecule has 1 fully saturated rings. The highest BCUT2D eigenvalue weighted by molar-refractivity contribution is 7.99. The number of carbonyl (C=O) groups excluding carboxylic acids is 1. The lowest BCUT2D eigenvalue weighted by atomic mass is 9.90. The Morgan fingerprint density at radius 1 is 1.14 bits per heavy atom. The number of nitrogens with two attached hydrogens (primary N) is 1. The van der Waals surface area contributed by atoms with Crippen molar-refractivity contribution in [1.29, 1.82) is 0 Å². The molecule has 0 saturated carbocycles. The monoisotopic (exact) mass is 509 g/mol. The lowest BCUT2D eigenvalue weighted by Gasteiger charge is -2.34. The summed E-state index contributed by atoms with van der Waals surface area (Å²) in [5, 5.41) is 11.2. The van der Waals surface area contributed by atoms with Crippen molar-refractivity contribution in [3.05, 3.63) is 101 Å². The maximum atomic E-state index is 13.0. The molecular formula is C28H28ClNO4S. The van der Waals surface area contributed by atoms with Gasteiger partial charge in [-0.1, -0.05) is 54.6 Å². The quantitative estimate of drug-likeness (QED) is 0.233. The predicted molar refractivity (Wildman–Crippen MR) is 141 cm³/mol. The fourth-order valence-corrected chi connectivity index (χ4v) is 5.19. The summed E-state index contributed by atoms with van der Waals surface area (Å²) in [5.41, 5.74) is 9.66. The van der Waals surface area contributed by atoms with E-state index in [1.54, 1.807) is 12.1 Å². The molecule has 7 heteroatoms. The van der Waals surface area contributed by atoms with Gasteiger partial charge in [0.05, 0.1) is 12.7 Å². The van der Waals surface area contributed by atoms with Crippen LogP contribution in [0.25, 0.3) is 0 Å². The minimum Gasteiger partial charge on any atom is -0.494 e. The van der Waals surface area contributed by atoms with E-state index in [4.69, 9.17) is 26.8 Å². The first-order chi connectivity index (χ1) is 16.9. The van der Waals surface area contributed by atoms with E-state index in [2.05, 4.69) is 6.58 Å². The zero-order chi connectivity index (χ0) is 24.9. The predicted octanol–water partition coefficient (Wildman–Crippen LogP) is 5.63. The minimum absolute atomic E-state index is 0.358. The smallest absolute Gasteiger partial charge is 0.198 e. The molecule has 1 saturated heterocycles. The molecule has 0 amide bonds. The average molecular weight is 510 g/mol. The summed E-state index contributed by atoms with van der Waals surface area (Å²) in [7, 11) is 0. The number of anilines is 1. The topological polar surface area (TPSA) is 81.8 Å². The van der Waals surface area contributed by atoms with E-state index in [0.29, 0.717) is 40.6 Å². The number of aliphatic hydroxyl groups excluding tert-OH is 1. The van der Waals surface area contributed by atoms with Crippen molar-refractivity contribution >= 4 is 34.8 Å². The van der Waals surface area contributed by atoms with Gasteiger partial charge in [0.1, 0.15) is 18.0 Å². The summed E-state index contributed by atoms with van der Waals surface area (Å²) in [6.45, 7) is 6.48. The number of para-hydroxylation sites is 1. The number of hydrogen-bond donors (Lipinski definition) is 2. The Balaban J connectivity index is 1.52. The Bertz CT molecular complexity index is 1210. The second kappa shape index (κ2) is 11.3. The van der Waals surface area contributed by atoms with Gasteiger partial charge in [-0.05, 0) is 65.9 Å². The fraction of sp³-hybridized carbons (Fsp3) is 0.250. The Morgan fingerprint density at radius 2 is 1.89 bits per heavy atom. The van der Waals surface area contributed by atoms with Crippen LogP contribution in [0.3, 0.4) is 0 Å². The Morgan fingerprint density at radius 3 is 2.60 bits per heavy atom. The lowest BCUT2D eigenvalue weighted by Crippen LogP contribution is -2.43. The van der Waals surface area contributed by atoms with Gasteiger partial charge in [-0.2, -0.15) is 0 Å². The molecule has 1 aliphatic rings. The minimum atomic E-state index is -1.29. The van der Waals surface area contributed by atoms with E-state index < -0.39 is 24.1 Å². The standard InChI is InChI=1S/C28H28ClNO4S/c1-3-33-21-11-8-18(9-12-21)14-20-15-19(10-13-22(20)29)28-27(32)26(31)17(2)24(34-28)16-35-25-7-5-4-6-23(25)30/h4-13,15,24,26,28,31H,2-3,14,16,30H2,1H3/t24-,26+,28+/m1/s1. The van der Waals surface area contributed by atoms with Crippen LogP contribution in [0.1, 0.15) is 29.7 Å². The first-order valence-electron chi connectivity index (χ1n) is 11.4. The molecule has 3 atom stereocenters. The van der Waals surface area contributed by atoms with Gasteiger partial charge in [-0.3, -0.25) is 4.79 Å². The Hall–Kier alpha value is -2.77. The number of carbonyl (C=O) groups is 1. The summed E-state index contributed by atoms with van der Waals surface area (Å²) in [6, 6.07) is 20.8. The van der Waals surface area contributed by atoms with E-state index in [1.807, 2.05) is 61.5 Å². The molecule has 0 radical (unpaired) electrons. The largest absolute Gasteiger partial charge is 0.494 e. The van der Waals surface area contributed by atoms with Gasteiger partial charge < -0.3 is 20.3 Å². The third-order valence-electron chi connectivity index (χ3n) is 5.90. The van der Waals surface area contributed by atoms with Crippen LogP contribution in [-0.4, -0.2) is 35.5 Å². The highest BCUT2D eigenvalue weighted by Crippen LogP contribution is 2.36. The number of benzene rings is 3. The van der Waals surface area contributed by atoms with Crippen LogP contribution in [0, 0.1) is 0 Å². The molecular weight excluding hydrogens is 482 g/mol. The number of nitrogen functional groups attached to an aromatic ring is 1. The lowest BCUT2D eigenvalue weighted by molar-refractivity contribution is -0.147. The molecule has 0 bridgehead atoms. The number of thioether (sulfide) groups is 1. The molecule has 0 aromatic heterocycles. The van der Waals surface area contributed by atoms with Crippen LogP contribution in [0.4, 0.5) is 5.69 Å². The molecule has 0 unspecified atom stereocenters. The number of aliphatic hydroxyl groups is 1. The normalized spacial score (nSPS) is 20.1. The number of hydrogen-bond acceptors (Lipinski definition) is 6. The van der Waals surface area contributed by atoms with Crippen molar-refractivity contribution < 1.29 is 19.4 Å². The van der Waals surface area contributed by atoms with Gasteiger partial charge in [0, 0.05) is 21.4 Å². The number of ketones is 1. The fourth-order valence-electron chi connectivity index (χ4n) is 3.97. The van der Waals surface area contributed by atoms with E-state index in [1.165, 1.54) is 11.8 Å². The van der Waals surface area contributed by atoms with Crippen LogP contribution >= 0.6 is 23.4 Å². The first kappa shape index (κ1) is 25.3. The van der Waals surface area contributed by atoms with Crippen LogP contribution in [0.15, 0.2) is 83.8 Å². The molecule has 1 heterocycles. The second-order valence-electron chi connectivity index (χ2n) is 8.34.